The van der Waals surface area contributed by atoms with Crippen LogP contribution in [0.2, 0.25) is 0 Å². The first-order chi connectivity index (χ1) is 16.9. The Kier molecular flexibility index (Phi) is 6.50. The molecule has 0 aromatic heterocycles. The van der Waals surface area contributed by atoms with Crippen molar-refractivity contribution in [2.45, 2.75) is 5.92 Å². The van der Waals surface area contributed by atoms with Gasteiger partial charge in [-0.2, -0.15) is 5.26 Å². The summed E-state index contributed by atoms with van der Waals surface area (Å²) < 4.78 is 21.8. The minimum absolute atomic E-state index is 0.0547. The molecular formula is C25H19N3O7. The van der Waals surface area contributed by atoms with Gasteiger partial charge in [-0.15, -0.1) is 0 Å². The number of esters is 1. The second kappa shape index (κ2) is 9.84. The largest absolute Gasteiger partial charge is 0.496 e. The van der Waals surface area contributed by atoms with Crippen LogP contribution < -0.4 is 24.7 Å². The van der Waals surface area contributed by atoms with Gasteiger partial charge in [0.1, 0.15) is 34.6 Å². The average molecular weight is 473 g/mol. The summed E-state index contributed by atoms with van der Waals surface area (Å²) in [6.45, 7) is -0.416. The minimum Gasteiger partial charge on any atom is -0.496 e. The summed E-state index contributed by atoms with van der Waals surface area (Å²) in [4.78, 5) is 22.5. The number of nitro benzene ring substituents is 1. The van der Waals surface area contributed by atoms with Crippen LogP contribution in [0.1, 0.15) is 17.0 Å². The smallest absolute Gasteiger partial charge is 0.349 e. The Balaban J connectivity index is 1.52. The monoisotopic (exact) mass is 473 g/mol. The number of hydrogen-bond acceptors (Lipinski definition) is 9. The lowest BCUT2D eigenvalue weighted by molar-refractivity contribution is -0.384. The second-order valence-corrected chi connectivity index (χ2v) is 7.38. The number of nitrogens with zero attached hydrogens (tertiary/aromatic N) is 2. The molecule has 3 aromatic carbocycles. The number of benzene rings is 3. The predicted octanol–water partition coefficient (Wildman–Crippen LogP) is 3.81. The molecule has 0 aliphatic carbocycles. The average Bonchev–Trinajstić information content (AvgIpc) is 2.86. The molecule has 10 nitrogen and oxygen atoms in total. The van der Waals surface area contributed by atoms with E-state index in [4.69, 9.17) is 24.7 Å². The number of hydrogen-bond donors (Lipinski definition) is 1. The zero-order valence-corrected chi connectivity index (χ0v) is 18.5. The molecule has 1 aliphatic rings. The summed E-state index contributed by atoms with van der Waals surface area (Å²) in [5.74, 6) is 0.109. The number of ether oxygens (including phenoxy) is 4. The van der Waals surface area contributed by atoms with Gasteiger partial charge in [-0.05, 0) is 24.3 Å². The molecule has 1 unspecified atom stereocenters. The van der Waals surface area contributed by atoms with E-state index >= 15 is 0 Å². The van der Waals surface area contributed by atoms with Crippen LogP contribution in [0, 0.1) is 21.4 Å². The van der Waals surface area contributed by atoms with Crippen molar-refractivity contribution in [1.29, 1.82) is 5.26 Å². The van der Waals surface area contributed by atoms with Gasteiger partial charge >= 0.3 is 5.97 Å². The fourth-order valence-electron chi connectivity index (χ4n) is 3.69. The number of non-ortho nitro benzene ring substituents is 1. The standard InChI is InChI=1S/C25H19N3O7/c1-32-21-5-3-2-4-18(21)24-19-11-10-17(12-22(19)35-25(27)20(24)13-26)34-23(29)14-33-16-8-6-15(7-9-16)28(30)31/h2-12,24H,14,27H2,1H3. The molecule has 0 amide bonds. The highest BCUT2D eigenvalue weighted by Crippen LogP contribution is 2.45. The number of nitriles is 1. The molecule has 0 bridgehead atoms. The third-order valence-corrected chi connectivity index (χ3v) is 5.28. The fraction of sp³-hybridized carbons (Fsp3) is 0.120. The minimum atomic E-state index is -0.693. The first-order valence-corrected chi connectivity index (χ1v) is 10.3. The van der Waals surface area contributed by atoms with Crippen molar-refractivity contribution in [1.82, 2.24) is 0 Å². The lowest BCUT2D eigenvalue weighted by atomic mass is 9.83. The number of nitro groups is 1. The summed E-state index contributed by atoms with van der Waals surface area (Å²) in [5.41, 5.74) is 7.58. The van der Waals surface area contributed by atoms with Crippen molar-refractivity contribution >= 4 is 11.7 Å². The highest BCUT2D eigenvalue weighted by atomic mass is 16.6. The predicted molar refractivity (Wildman–Crippen MR) is 123 cm³/mol. The van der Waals surface area contributed by atoms with Crippen molar-refractivity contribution < 1.29 is 28.7 Å². The third kappa shape index (κ3) is 4.84. The Bertz CT molecular complexity index is 1360. The van der Waals surface area contributed by atoms with E-state index < -0.39 is 23.4 Å². The zero-order chi connectivity index (χ0) is 24.9. The van der Waals surface area contributed by atoms with Crippen LogP contribution in [0.15, 0.2) is 78.2 Å². The van der Waals surface area contributed by atoms with E-state index in [0.717, 1.165) is 5.56 Å². The number of carbonyl (C=O) groups excluding carboxylic acids is 1. The van der Waals surface area contributed by atoms with Crippen molar-refractivity contribution in [2.24, 2.45) is 5.73 Å². The summed E-state index contributed by atoms with van der Waals surface area (Å²) in [5, 5.41) is 20.4. The van der Waals surface area contributed by atoms with Gasteiger partial charge in [-0.1, -0.05) is 24.3 Å². The van der Waals surface area contributed by atoms with Gasteiger partial charge in [0.2, 0.25) is 5.88 Å². The van der Waals surface area contributed by atoms with Gasteiger partial charge in [0.25, 0.3) is 5.69 Å². The van der Waals surface area contributed by atoms with Gasteiger partial charge in [-0.3, -0.25) is 10.1 Å². The van der Waals surface area contributed by atoms with Crippen LogP contribution in [-0.2, 0) is 4.79 Å². The Morgan fingerprint density at radius 3 is 2.51 bits per heavy atom. The molecule has 10 heteroatoms. The summed E-state index contributed by atoms with van der Waals surface area (Å²) in [7, 11) is 1.54. The van der Waals surface area contributed by atoms with Crippen molar-refractivity contribution in [3.63, 3.8) is 0 Å². The Labute approximate surface area is 199 Å². The maximum Gasteiger partial charge on any atom is 0.349 e. The molecule has 0 saturated carbocycles. The van der Waals surface area contributed by atoms with E-state index in [-0.39, 0.29) is 28.6 Å². The van der Waals surface area contributed by atoms with Crippen LogP contribution in [0.3, 0.4) is 0 Å². The highest BCUT2D eigenvalue weighted by molar-refractivity contribution is 5.74. The maximum absolute atomic E-state index is 12.3. The van der Waals surface area contributed by atoms with Crippen LogP contribution >= 0.6 is 0 Å². The Morgan fingerprint density at radius 2 is 1.83 bits per heavy atom. The van der Waals surface area contributed by atoms with Gasteiger partial charge < -0.3 is 24.7 Å². The molecule has 35 heavy (non-hydrogen) atoms. The SMILES string of the molecule is COc1ccccc1C1C(C#N)=C(N)Oc2cc(OC(=O)COc3ccc([N+](=O)[O-])cc3)ccc21. The molecule has 176 valence electrons. The quantitative estimate of drug-likeness (QED) is 0.234. The number of nitrogens with two attached hydrogens (primary N) is 1. The summed E-state index contributed by atoms with van der Waals surface area (Å²) >= 11 is 0. The van der Waals surface area contributed by atoms with Gasteiger partial charge in [0.05, 0.1) is 18.0 Å². The fourth-order valence-corrected chi connectivity index (χ4v) is 3.69. The second-order valence-electron chi connectivity index (χ2n) is 7.38. The first-order valence-electron chi connectivity index (χ1n) is 10.3. The summed E-state index contributed by atoms with van der Waals surface area (Å²) in [6.07, 6.45) is 0. The Morgan fingerprint density at radius 1 is 1.11 bits per heavy atom. The third-order valence-electron chi connectivity index (χ3n) is 5.28. The first kappa shape index (κ1) is 23.1. The van der Waals surface area contributed by atoms with E-state index in [0.29, 0.717) is 17.1 Å². The molecular weight excluding hydrogens is 454 g/mol. The van der Waals surface area contributed by atoms with E-state index in [1.54, 1.807) is 25.3 Å². The molecule has 1 atom stereocenters. The zero-order valence-electron chi connectivity index (χ0n) is 18.5. The molecule has 0 saturated heterocycles. The number of allylic oxidation sites excluding steroid dienone is 1. The summed E-state index contributed by atoms with van der Waals surface area (Å²) in [6, 6.07) is 19.5. The van der Waals surface area contributed by atoms with Crippen molar-refractivity contribution in [2.75, 3.05) is 13.7 Å². The molecule has 3 aromatic rings. The lowest BCUT2D eigenvalue weighted by Crippen LogP contribution is -2.22. The van der Waals surface area contributed by atoms with Crippen molar-refractivity contribution in [3.8, 4) is 29.1 Å². The van der Waals surface area contributed by atoms with Crippen LogP contribution in [-0.4, -0.2) is 24.6 Å². The number of para-hydroxylation sites is 1. The maximum atomic E-state index is 12.3. The molecule has 1 heterocycles. The molecule has 0 fully saturated rings. The van der Waals surface area contributed by atoms with E-state index in [1.807, 2.05) is 18.2 Å². The molecule has 0 radical (unpaired) electrons. The van der Waals surface area contributed by atoms with Crippen LogP contribution in [0.4, 0.5) is 5.69 Å². The number of methoxy groups -OCH3 is 1. The molecule has 4 rings (SSSR count). The van der Waals surface area contributed by atoms with Gasteiger partial charge in [0, 0.05) is 29.3 Å². The number of fused-ring (bicyclic) bond motifs is 1. The van der Waals surface area contributed by atoms with E-state index in [2.05, 4.69) is 6.07 Å². The lowest BCUT2D eigenvalue weighted by Gasteiger charge is -2.27. The van der Waals surface area contributed by atoms with Gasteiger partial charge in [-0.25, -0.2) is 4.79 Å². The van der Waals surface area contributed by atoms with Crippen LogP contribution in [0.5, 0.6) is 23.0 Å². The normalized spacial score (nSPS) is 14.2. The number of rotatable bonds is 7. The number of carbonyl (C=O) groups is 1. The highest BCUT2D eigenvalue weighted by Gasteiger charge is 2.32. The molecule has 2 N–H and O–H groups in total. The van der Waals surface area contributed by atoms with Gasteiger partial charge in [0.15, 0.2) is 6.61 Å². The molecule has 1 aliphatic heterocycles. The van der Waals surface area contributed by atoms with E-state index in [1.165, 1.54) is 30.3 Å². The Hall–Kier alpha value is -5.04. The van der Waals surface area contributed by atoms with Crippen molar-refractivity contribution in [3.05, 3.63) is 99.4 Å². The van der Waals surface area contributed by atoms with E-state index in [9.17, 15) is 20.2 Å². The molecule has 0 spiro atoms. The van der Waals surface area contributed by atoms with Crippen LogP contribution in [0.25, 0.3) is 0 Å². The topological polar surface area (TPSA) is 147 Å².